The van der Waals surface area contributed by atoms with Gasteiger partial charge in [-0.05, 0) is 33.1 Å². The summed E-state index contributed by atoms with van der Waals surface area (Å²) in [6.45, 7) is 10.9. The fourth-order valence-corrected chi connectivity index (χ4v) is 2.61. The van der Waals surface area contributed by atoms with Gasteiger partial charge in [0.15, 0.2) is 11.4 Å². The van der Waals surface area contributed by atoms with Crippen molar-refractivity contribution < 1.29 is 4.52 Å². The first-order valence-corrected chi connectivity index (χ1v) is 7.96. The molecule has 23 heavy (non-hydrogen) atoms. The van der Waals surface area contributed by atoms with E-state index in [1.54, 1.807) is 0 Å². The molecule has 3 heterocycles. The Hall–Kier alpha value is -2.37. The summed E-state index contributed by atoms with van der Waals surface area (Å²) < 4.78 is 7.25. The zero-order chi connectivity index (χ0) is 16.6. The van der Waals surface area contributed by atoms with Gasteiger partial charge in [0, 0.05) is 23.4 Å². The molecule has 122 valence electrons. The lowest BCUT2D eigenvalue weighted by Crippen LogP contribution is -2.06. The Kier molecular flexibility index (Phi) is 4.07. The van der Waals surface area contributed by atoms with E-state index in [9.17, 15) is 0 Å². The number of hydrogen-bond acceptors (Lipinski definition) is 5. The van der Waals surface area contributed by atoms with Gasteiger partial charge in [0.2, 0.25) is 0 Å². The lowest BCUT2D eigenvalue weighted by atomic mass is 10.1. The Bertz CT molecular complexity index is 831. The molecule has 3 aromatic heterocycles. The van der Waals surface area contributed by atoms with Crippen LogP contribution in [0.1, 0.15) is 42.3 Å². The maximum Gasteiger partial charge on any atom is 0.160 e. The van der Waals surface area contributed by atoms with E-state index in [1.165, 1.54) is 0 Å². The van der Waals surface area contributed by atoms with Crippen LogP contribution in [-0.2, 0) is 13.0 Å². The monoisotopic (exact) mass is 313 g/mol. The molecule has 0 bridgehead atoms. The predicted octanol–water partition coefficient (Wildman–Crippen LogP) is 3.45. The van der Waals surface area contributed by atoms with Gasteiger partial charge in [-0.15, -0.1) is 0 Å². The minimum Gasteiger partial charge on any atom is -0.363 e. The van der Waals surface area contributed by atoms with Crippen molar-refractivity contribution >= 4 is 11.5 Å². The van der Waals surface area contributed by atoms with E-state index in [4.69, 9.17) is 4.52 Å². The van der Waals surface area contributed by atoms with Crippen LogP contribution in [0.15, 0.2) is 16.7 Å². The molecular formula is C17H23N5O. The van der Waals surface area contributed by atoms with E-state index in [0.29, 0.717) is 12.5 Å². The van der Waals surface area contributed by atoms with Crippen molar-refractivity contribution in [2.75, 3.05) is 5.32 Å². The minimum absolute atomic E-state index is 0.568. The van der Waals surface area contributed by atoms with E-state index in [0.717, 1.165) is 46.3 Å². The maximum atomic E-state index is 5.40. The molecule has 0 radical (unpaired) electrons. The van der Waals surface area contributed by atoms with Gasteiger partial charge in [-0.2, -0.15) is 9.61 Å². The first kappa shape index (κ1) is 15.5. The molecule has 0 aliphatic rings. The van der Waals surface area contributed by atoms with Crippen molar-refractivity contribution in [3.63, 3.8) is 0 Å². The molecule has 0 fully saturated rings. The Morgan fingerprint density at radius 2 is 2.00 bits per heavy atom. The fourth-order valence-electron chi connectivity index (χ4n) is 2.61. The van der Waals surface area contributed by atoms with Crippen molar-refractivity contribution in [2.24, 2.45) is 5.92 Å². The standard InChI is InChI=1S/C17H23N5O/c1-10(2)6-14-8-15(23-21-14)9-18-16-7-11(3)19-17-12(4)13(5)20-22(16)17/h7-8,10,18H,6,9H2,1-5H3. The first-order chi connectivity index (χ1) is 10.9. The number of fused-ring (bicyclic) bond motifs is 1. The van der Waals surface area contributed by atoms with Crippen LogP contribution in [0.2, 0.25) is 0 Å². The van der Waals surface area contributed by atoms with Crippen LogP contribution in [0.4, 0.5) is 5.82 Å². The molecule has 0 aromatic carbocycles. The van der Waals surface area contributed by atoms with Crippen molar-refractivity contribution in [3.8, 4) is 0 Å². The number of nitrogens with zero attached hydrogens (tertiary/aromatic N) is 4. The third kappa shape index (κ3) is 3.21. The summed E-state index contributed by atoms with van der Waals surface area (Å²) in [5.41, 5.74) is 4.95. The number of hydrogen-bond donors (Lipinski definition) is 1. The second-order valence-electron chi connectivity index (χ2n) is 6.46. The molecule has 0 aliphatic heterocycles. The number of nitrogens with one attached hydrogen (secondary N) is 1. The molecule has 0 atom stereocenters. The third-order valence-electron chi connectivity index (χ3n) is 3.85. The summed E-state index contributed by atoms with van der Waals surface area (Å²) in [7, 11) is 0. The second kappa shape index (κ2) is 6.02. The number of anilines is 1. The normalized spacial score (nSPS) is 11.6. The third-order valence-corrected chi connectivity index (χ3v) is 3.85. The Balaban J connectivity index is 1.81. The van der Waals surface area contributed by atoms with Crippen LogP contribution in [0.3, 0.4) is 0 Å². The predicted molar refractivity (Wildman–Crippen MR) is 89.6 cm³/mol. The van der Waals surface area contributed by atoms with Crippen LogP contribution in [0, 0.1) is 26.7 Å². The van der Waals surface area contributed by atoms with Crippen LogP contribution < -0.4 is 5.32 Å². The van der Waals surface area contributed by atoms with Gasteiger partial charge in [-0.25, -0.2) is 4.98 Å². The van der Waals surface area contributed by atoms with Crippen molar-refractivity contribution in [1.82, 2.24) is 19.8 Å². The lowest BCUT2D eigenvalue weighted by molar-refractivity contribution is 0.378. The Morgan fingerprint density at radius 1 is 1.22 bits per heavy atom. The van der Waals surface area contributed by atoms with Crippen LogP contribution in [0.25, 0.3) is 5.65 Å². The summed E-state index contributed by atoms with van der Waals surface area (Å²) in [4.78, 5) is 4.57. The molecule has 0 amide bonds. The highest BCUT2D eigenvalue weighted by Crippen LogP contribution is 2.19. The molecule has 6 nitrogen and oxygen atoms in total. The topological polar surface area (TPSA) is 68.2 Å². The molecule has 6 heteroatoms. The largest absolute Gasteiger partial charge is 0.363 e. The summed E-state index contributed by atoms with van der Waals surface area (Å²) in [6, 6.07) is 4.00. The van der Waals surface area contributed by atoms with E-state index in [1.807, 2.05) is 37.4 Å². The van der Waals surface area contributed by atoms with Gasteiger partial charge < -0.3 is 9.84 Å². The number of aromatic nitrogens is 4. The minimum atomic E-state index is 0.568. The van der Waals surface area contributed by atoms with E-state index < -0.39 is 0 Å². The van der Waals surface area contributed by atoms with Crippen molar-refractivity contribution in [3.05, 3.63) is 40.5 Å². The average Bonchev–Trinajstić information content (AvgIpc) is 3.03. The second-order valence-corrected chi connectivity index (χ2v) is 6.46. The van der Waals surface area contributed by atoms with Gasteiger partial charge >= 0.3 is 0 Å². The SMILES string of the molecule is Cc1cc(NCc2cc(CC(C)C)no2)n2nc(C)c(C)c2n1. The molecule has 3 aromatic rings. The van der Waals surface area contributed by atoms with Crippen LogP contribution in [-0.4, -0.2) is 19.8 Å². The smallest absolute Gasteiger partial charge is 0.160 e. The molecule has 0 saturated carbocycles. The summed E-state index contributed by atoms with van der Waals surface area (Å²) in [5.74, 6) is 2.30. The summed E-state index contributed by atoms with van der Waals surface area (Å²) >= 11 is 0. The fraction of sp³-hybridized carbons (Fsp3) is 0.471. The van der Waals surface area contributed by atoms with Gasteiger partial charge in [-0.3, -0.25) is 0 Å². The molecule has 3 rings (SSSR count). The first-order valence-electron chi connectivity index (χ1n) is 7.96. The highest BCUT2D eigenvalue weighted by molar-refractivity contribution is 5.55. The van der Waals surface area contributed by atoms with E-state index in [2.05, 4.69) is 34.4 Å². The number of rotatable bonds is 5. The highest BCUT2D eigenvalue weighted by atomic mass is 16.5. The Labute approximate surface area is 135 Å². The van der Waals surface area contributed by atoms with Crippen LogP contribution >= 0.6 is 0 Å². The lowest BCUT2D eigenvalue weighted by Gasteiger charge is -2.07. The Morgan fingerprint density at radius 3 is 2.74 bits per heavy atom. The van der Waals surface area contributed by atoms with Crippen molar-refractivity contribution in [1.29, 1.82) is 0 Å². The summed E-state index contributed by atoms with van der Waals surface area (Å²) in [6.07, 6.45) is 0.930. The average molecular weight is 313 g/mol. The van der Waals surface area contributed by atoms with E-state index >= 15 is 0 Å². The zero-order valence-electron chi connectivity index (χ0n) is 14.3. The van der Waals surface area contributed by atoms with Crippen molar-refractivity contribution in [2.45, 2.75) is 47.6 Å². The molecule has 0 spiro atoms. The maximum absolute atomic E-state index is 5.40. The van der Waals surface area contributed by atoms with Crippen LogP contribution in [0.5, 0.6) is 0 Å². The van der Waals surface area contributed by atoms with Gasteiger partial charge in [0.1, 0.15) is 5.82 Å². The summed E-state index contributed by atoms with van der Waals surface area (Å²) in [5, 5.41) is 12.1. The zero-order valence-corrected chi connectivity index (χ0v) is 14.3. The number of aryl methyl sites for hydroxylation is 3. The van der Waals surface area contributed by atoms with E-state index in [-0.39, 0.29) is 0 Å². The van der Waals surface area contributed by atoms with Gasteiger partial charge in [0.25, 0.3) is 0 Å². The molecule has 1 N–H and O–H groups in total. The van der Waals surface area contributed by atoms with Gasteiger partial charge in [0.05, 0.1) is 17.9 Å². The quantitative estimate of drug-likeness (QED) is 0.781. The molecule has 0 saturated heterocycles. The highest BCUT2D eigenvalue weighted by Gasteiger charge is 2.12. The molecular weight excluding hydrogens is 290 g/mol. The molecule has 0 unspecified atom stereocenters. The van der Waals surface area contributed by atoms with Gasteiger partial charge in [-0.1, -0.05) is 19.0 Å². The molecule has 0 aliphatic carbocycles.